The van der Waals surface area contributed by atoms with Crippen molar-refractivity contribution in [2.24, 2.45) is 4.99 Å². The number of benzene rings is 1. The Morgan fingerprint density at radius 3 is 2.47 bits per heavy atom. The number of guanidine groups is 1. The first-order valence-corrected chi connectivity index (χ1v) is 10.6. The lowest BCUT2D eigenvalue weighted by atomic mass is 10.1. The van der Waals surface area contributed by atoms with Crippen LogP contribution in [0.4, 0.5) is 10.1 Å². The van der Waals surface area contributed by atoms with Gasteiger partial charge < -0.3 is 25.0 Å². The monoisotopic (exact) mass is 558 g/mol. The van der Waals surface area contributed by atoms with Crippen LogP contribution in [0.5, 0.6) is 0 Å². The first-order valence-electron chi connectivity index (χ1n) is 10.6. The highest BCUT2D eigenvalue weighted by atomic mass is 127. The molecule has 1 aromatic carbocycles. The number of nitrogens with zero attached hydrogens (tertiary/aromatic N) is 4. The van der Waals surface area contributed by atoms with Crippen molar-refractivity contribution in [3.05, 3.63) is 47.6 Å². The second-order valence-corrected chi connectivity index (χ2v) is 7.82. The van der Waals surface area contributed by atoms with Gasteiger partial charge in [0, 0.05) is 57.9 Å². The highest BCUT2D eigenvalue weighted by molar-refractivity contribution is 14.0. The zero-order valence-corrected chi connectivity index (χ0v) is 21.1. The lowest BCUT2D eigenvalue weighted by Gasteiger charge is -2.36. The molecule has 10 heteroatoms. The average Bonchev–Trinajstić information content (AvgIpc) is 3.26. The maximum atomic E-state index is 13.1. The van der Waals surface area contributed by atoms with E-state index in [2.05, 4.69) is 39.5 Å². The van der Waals surface area contributed by atoms with Crippen LogP contribution in [0.15, 0.2) is 39.8 Å². The van der Waals surface area contributed by atoms with Crippen molar-refractivity contribution in [3.8, 4) is 0 Å². The fourth-order valence-electron chi connectivity index (χ4n) is 3.39. The molecule has 0 atom stereocenters. The van der Waals surface area contributed by atoms with Crippen molar-refractivity contribution >= 4 is 41.5 Å². The third kappa shape index (κ3) is 7.35. The molecule has 8 nitrogen and oxygen atoms in total. The highest BCUT2D eigenvalue weighted by Gasteiger charge is 2.21. The van der Waals surface area contributed by atoms with Gasteiger partial charge in [-0.05, 0) is 30.2 Å². The maximum Gasteiger partial charge on any atom is 0.224 e. The van der Waals surface area contributed by atoms with Gasteiger partial charge in [0.15, 0.2) is 11.7 Å². The standard InChI is InChI=1S/C22H31FN6O2.HI/c1-16(2)20-14-19(31-27-20)15-26-22(24-3)25-9-8-21(30)29-12-10-28(11-13-29)18-6-4-17(23)5-7-18;/h4-7,14,16H,8-13,15H2,1-3H3,(H2,24,25,26);1H. The van der Waals surface area contributed by atoms with Crippen LogP contribution in [-0.4, -0.2) is 61.7 Å². The first-order chi connectivity index (χ1) is 15.0. The molecule has 3 rings (SSSR count). The predicted molar refractivity (Wildman–Crippen MR) is 134 cm³/mol. The minimum absolute atomic E-state index is 0. The summed E-state index contributed by atoms with van der Waals surface area (Å²) in [6.45, 7) is 7.89. The summed E-state index contributed by atoms with van der Waals surface area (Å²) in [6, 6.07) is 8.41. The van der Waals surface area contributed by atoms with Gasteiger partial charge in [0.05, 0.1) is 12.2 Å². The largest absolute Gasteiger partial charge is 0.368 e. The van der Waals surface area contributed by atoms with Crippen LogP contribution in [0.2, 0.25) is 0 Å². The topological polar surface area (TPSA) is 86.0 Å². The Hall–Kier alpha value is -2.37. The third-order valence-electron chi connectivity index (χ3n) is 5.28. The van der Waals surface area contributed by atoms with E-state index in [-0.39, 0.29) is 35.7 Å². The molecule has 0 bridgehead atoms. The summed E-state index contributed by atoms with van der Waals surface area (Å²) in [4.78, 5) is 20.8. The van der Waals surface area contributed by atoms with Crippen molar-refractivity contribution < 1.29 is 13.7 Å². The zero-order valence-electron chi connectivity index (χ0n) is 18.8. The molecule has 1 saturated heterocycles. The summed E-state index contributed by atoms with van der Waals surface area (Å²) in [6.07, 6.45) is 0.386. The lowest BCUT2D eigenvalue weighted by molar-refractivity contribution is -0.131. The lowest BCUT2D eigenvalue weighted by Crippen LogP contribution is -2.49. The van der Waals surface area contributed by atoms with E-state index >= 15 is 0 Å². The molecule has 2 aromatic rings. The molecule has 1 amide bonds. The highest BCUT2D eigenvalue weighted by Crippen LogP contribution is 2.17. The van der Waals surface area contributed by atoms with E-state index in [4.69, 9.17) is 4.52 Å². The molecule has 176 valence electrons. The summed E-state index contributed by atoms with van der Waals surface area (Å²) in [7, 11) is 1.69. The van der Waals surface area contributed by atoms with Gasteiger partial charge in [-0.2, -0.15) is 0 Å². The molecule has 0 radical (unpaired) electrons. The molecule has 1 aliphatic heterocycles. The van der Waals surface area contributed by atoms with E-state index < -0.39 is 0 Å². The van der Waals surface area contributed by atoms with E-state index in [1.807, 2.05) is 11.0 Å². The Morgan fingerprint density at radius 2 is 1.88 bits per heavy atom. The summed E-state index contributed by atoms with van der Waals surface area (Å²) >= 11 is 0. The van der Waals surface area contributed by atoms with Crippen LogP contribution in [0.1, 0.15) is 37.6 Å². The number of aliphatic imine (C=N–C) groups is 1. The predicted octanol–water partition coefficient (Wildman–Crippen LogP) is 2.96. The number of nitrogens with one attached hydrogen (secondary N) is 2. The SMILES string of the molecule is CN=C(NCCC(=O)N1CCN(c2ccc(F)cc2)CC1)NCc1cc(C(C)C)no1.I. The molecule has 0 saturated carbocycles. The van der Waals surface area contributed by atoms with Crippen molar-refractivity contribution in [1.82, 2.24) is 20.7 Å². The number of halogens is 2. The Kier molecular flexibility index (Phi) is 10.2. The van der Waals surface area contributed by atoms with Gasteiger partial charge in [0.1, 0.15) is 5.82 Å². The molecule has 0 aliphatic carbocycles. The number of hydrogen-bond donors (Lipinski definition) is 2. The second-order valence-electron chi connectivity index (χ2n) is 7.82. The Bertz CT molecular complexity index is 879. The molecule has 1 aliphatic rings. The number of carbonyl (C=O) groups is 1. The van der Waals surface area contributed by atoms with E-state index in [1.165, 1.54) is 12.1 Å². The smallest absolute Gasteiger partial charge is 0.224 e. The van der Waals surface area contributed by atoms with Crippen LogP contribution in [0, 0.1) is 5.82 Å². The van der Waals surface area contributed by atoms with E-state index in [0.29, 0.717) is 44.5 Å². The van der Waals surface area contributed by atoms with E-state index in [0.717, 1.165) is 30.2 Å². The van der Waals surface area contributed by atoms with Crippen molar-refractivity contribution in [3.63, 3.8) is 0 Å². The number of carbonyl (C=O) groups excluding carboxylic acids is 1. The molecule has 0 spiro atoms. The van der Waals surface area contributed by atoms with Gasteiger partial charge in [0.25, 0.3) is 0 Å². The summed E-state index contributed by atoms with van der Waals surface area (Å²) in [5.74, 6) is 1.53. The van der Waals surface area contributed by atoms with Crippen molar-refractivity contribution in [2.45, 2.75) is 32.7 Å². The van der Waals surface area contributed by atoms with Gasteiger partial charge >= 0.3 is 0 Å². The molecule has 1 fully saturated rings. The normalized spacial score (nSPS) is 14.3. The number of aromatic nitrogens is 1. The van der Waals surface area contributed by atoms with Crippen LogP contribution in [0.25, 0.3) is 0 Å². The van der Waals surface area contributed by atoms with Crippen LogP contribution in [0.3, 0.4) is 0 Å². The van der Waals surface area contributed by atoms with Gasteiger partial charge in [-0.15, -0.1) is 24.0 Å². The number of piperazine rings is 1. The van der Waals surface area contributed by atoms with Crippen LogP contribution >= 0.6 is 24.0 Å². The summed E-state index contributed by atoms with van der Waals surface area (Å²) in [5, 5.41) is 10.4. The molecule has 32 heavy (non-hydrogen) atoms. The average molecular weight is 558 g/mol. The Labute approximate surface area is 205 Å². The van der Waals surface area contributed by atoms with Crippen molar-refractivity contribution in [2.75, 3.05) is 44.7 Å². The number of rotatable bonds is 7. The summed E-state index contributed by atoms with van der Waals surface area (Å²) in [5.41, 5.74) is 1.90. The molecule has 1 aromatic heterocycles. The van der Waals surface area contributed by atoms with Gasteiger partial charge in [-0.3, -0.25) is 9.79 Å². The first kappa shape index (κ1) is 25.9. The molecular weight excluding hydrogens is 526 g/mol. The van der Waals surface area contributed by atoms with Gasteiger partial charge in [-0.25, -0.2) is 4.39 Å². The molecule has 2 heterocycles. The number of anilines is 1. The minimum atomic E-state index is -0.240. The quantitative estimate of drug-likeness (QED) is 0.309. The second kappa shape index (κ2) is 12.6. The van der Waals surface area contributed by atoms with E-state index in [9.17, 15) is 9.18 Å². The minimum Gasteiger partial charge on any atom is -0.368 e. The van der Waals surface area contributed by atoms with Crippen LogP contribution < -0.4 is 15.5 Å². The van der Waals surface area contributed by atoms with Gasteiger partial charge in [-0.1, -0.05) is 19.0 Å². The van der Waals surface area contributed by atoms with Gasteiger partial charge in [0.2, 0.25) is 5.91 Å². The van der Waals surface area contributed by atoms with E-state index in [1.54, 1.807) is 19.2 Å². The number of hydrogen-bond acceptors (Lipinski definition) is 5. The van der Waals surface area contributed by atoms with Crippen LogP contribution in [-0.2, 0) is 11.3 Å². The fraction of sp³-hybridized carbons (Fsp3) is 0.500. The Morgan fingerprint density at radius 1 is 1.19 bits per heavy atom. The molecule has 0 unspecified atom stereocenters. The molecule has 2 N–H and O–H groups in total. The summed E-state index contributed by atoms with van der Waals surface area (Å²) < 4.78 is 18.4. The fourth-order valence-corrected chi connectivity index (χ4v) is 3.39. The third-order valence-corrected chi connectivity index (χ3v) is 5.28. The Balaban J connectivity index is 0.00000363. The molecular formula is C22H32FIN6O2. The maximum absolute atomic E-state index is 13.1. The van der Waals surface area contributed by atoms with Crippen molar-refractivity contribution in [1.29, 1.82) is 0 Å². The zero-order chi connectivity index (χ0) is 22.2. The number of amides is 1.